The molecule has 0 aliphatic carbocycles. The minimum Gasteiger partial charge on any atom is -0.497 e. The Labute approximate surface area is 162 Å². The highest BCUT2D eigenvalue weighted by atomic mass is 79.9. The highest BCUT2D eigenvalue weighted by molar-refractivity contribution is 9.10. The molecule has 26 heavy (non-hydrogen) atoms. The zero-order valence-electron chi connectivity index (χ0n) is 14.8. The van der Waals surface area contributed by atoms with Gasteiger partial charge < -0.3 is 10.1 Å². The Bertz CT molecular complexity index is 886. The van der Waals surface area contributed by atoms with E-state index < -0.39 is 22.0 Å². The zero-order chi connectivity index (χ0) is 19.3. The lowest BCUT2D eigenvalue weighted by atomic mass is 10.1. The standard InChI is InChI=1S/C18H21BrN2O4S/c1-4-17(18(22)20-14-8-5-7-13(19)11-14)21(26(3,23)24)15-9-6-10-16(12-15)25-2/h5-12,17H,4H2,1-3H3,(H,20,22). The lowest BCUT2D eigenvalue weighted by Gasteiger charge is -2.30. The monoisotopic (exact) mass is 440 g/mol. The minimum atomic E-state index is -3.69. The molecule has 0 spiro atoms. The molecule has 1 N–H and O–H groups in total. The fourth-order valence-electron chi connectivity index (χ4n) is 2.60. The van der Waals surface area contributed by atoms with Crippen molar-refractivity contribution >= 4 is 43.2 Å². The molecule has 2 aromatic rings. The predicted molar refractivity (Wildman–Crippen MR) is 107 cm³/mol. The number of hydrogen-bond donors (Lipinski definition) is 1. The van der Waals surface area contributed by atoms with Gasteiger partial charge in [-0.15, -0.1) is 0 Å². The molecule has 8 heteroatoms. The van der Waals surface area contributed by atoms with Gasteiger partial charge in [-0.25, -0.2) is 8.42 Å². The van der Waals surface area contributed by atoms with Crippen LogP contribution < -0.4 is 14.4 Å². The Balaban J connectivity index is 2.39. The van der Waals surface area contributed by atoms with Gasteiger partial charge in [-0.2, -0.15) is 0 Å². The molecule has 0 saturated heterocycles. The molecule has 0 heterocycles. The van der Waals surface area contributed by atoms with Crippen molar-refractivity contribution in [2.75, 3.05) is 23.0 Å². The maximum absolute atomic E-state index is 12.8. The number of hydrogen-bond acceptors (Lipinski definition) is 4. The summed E-state index contributed by atoms with van der Waals surface area (Å²) in [6, 6.07) is 12.9. The van der Waals surface area contributed by atoms with Crippen molar-refractivity contribution in [1.29, 1.82) is 0 Å². The molecule has 1 amide bonds. The quantitative estimate of drug-likeness (QED) is 0.712. The van der Waals surface area contributed by atoms with Crippen LogP contribution >= 0.6 is 15.9 Å². The number of benzene rings is 2. The van der Waals surface area contributed by atoms with Gasteiger partial charge in [0, 0.05) is 16.2 Å². The predicted octanol–water partition coefficient (Wildman–Crippen LogP) is 3.64. The summed E-state index contributed by atoms with van der Waals surface area (Å²) in [5, 5.41) is 2.78. The number of sulfonamides is 1. The number of amides is 1. The first-order valence-corrected chi connectivity index (χ1v) is 10.6. The molecule has 0 bridgehead atoms. The average molecular weight is 441 g/mol. The second kappa shape index (κ2) is 8.55. The molecule has 0 aliphatic heterocycles. The SMILES string of the molecule is CCC(C(=O)Nc1cccc(Br)c1)N(c1cccc(OC)c1)S(C)(=O)=O. The maximum atomic E-state index is 12.8. The third-order valence-corrected chi connectivity index (χ3v) is 5.40. The number of anilines is 2. The number of methoxy groups -OCH3 is 1. The number of nitrogens with zero attached hydrogens (tertiary/aromatic N) is 1. The molecule has 0 aliphatic rings. The van der Waals surface area contributed by atoms with E-state index in [1.165, 1.54) is 7.11 Å². The third-order valence-electron chi connectivity index (χ3n) is 3.73. The molecule has 0 fully saturated rings. The molecule has 6 nitrogen and oxygen atoms in total. The molecule has 2 aromatic carbocycles. The lowest BCUT2D eigenvalue weighted by Crippen LogP contribution is -2.47. The molecule has 140 valence electrons. The van der Waals surface area contributed by atoms with Crippen molar-refractivity contribution < 1.29 is 17.9 Å². The molecule has 0 aromatic heterocycles. The van der Waals surface area contributed by atoms with E-state index in [9.17, 15) is 13.2 Å². The van der Waals surface area contributed by atoms with Gasteiger partial charge in [0.1, 0.15) is 11.8 Å². The van der Waals surface area contributed by atoms with E-state index in [0.717, 1.165) is 15.0 Å². The molecular weight excluding hydrogens is 420 g/mol. The summed E-state index contributed by atoms with van der Waals surface area (Å²) in [5.74, 6) is 0.109. The smallest absolute Gasteiger partial charge is 0.248 e. The van der Waals surface area contributed by atoms with Crippen LogP contribution in [-0.4, -0.2) is 33.7 Å². The van der Waals surface area contributed by atoms with Gasteiger partial charge in [0.25, 0.3) is 0 Å². The van der Waals surface area contributed by atoms with E-state index in [0.29, 0.717) is 23.5 Å². The molecule has 1 atom stereocenters. The van der Waals surface area contributed by atoms with Crippen LogP contribution in [-0.2, 0) is 14.8 Å². The Hall–Kier alpha value is -2.06. The van der Waals surface area contributed by atoms with Crippen molar-refractivity contribution in [2.45, 2.75) is 19.4 Å². The van der Waals surface area contributed by atoms with Gasteiger partial charge in [-0.3, -0.25) is 9.10 Å². The minimum absolute atomic E-state index is 0.310. The van der Waals surface area contributed by atoms with Crippen LogP contribution in [0.25, 0.3) is 0 Å². The van der Waals surface area contributed by atoms with Crippen LogP contribution in [0.5, 0.6) is 5.75 Å². The normalized spacial score (nSPS) is 12.3. The van der Waals surface area contributed by atoms with Gasteiger partial charge in [-0.05, 0) is 36.8 Å². The van der Waals surface area contributed by atoms with Gasteiger partial charge in [0.15, 0.2) is 0 Å². The Morgan fingerprint density at radius 3 is 2.50 bits per heavy atom. The van der Waals surface area contributed by atoms with E-state index >= 15 is 0 Å². The summed E-state index contributed by atoms with van der Waals surface area (Å²) in [5.41, 5.74) is 0.963. The van der Waals surface area contributed by atoms with Crippen LogP contribution in [0.1, 0.15) is 13.3 Å². The maximum Gasteiger partial charge on any atom is 0.248 e. The van der Waals surface area contributed by atoms with E-state index in [1.807, 2.05) is 6.07 Å². The first kappa shape index (κ1) is 20.3. The topological polar surface area (TPSA) is 75.7 Å². The van der Waals surface area contributed by atoms with Gasteiger partial charge in [-0.1, -0.05) is 35.0 Å². The van der Waals surface area contributed by atoms with Crippen LogP contribution in [0.4, 0.5) is 11.4 Å². The number of rotatable bonds is 7. The third kappa shape index (κ3) is 4.98. The number of ether oxygens (including phenoxy) is 1. The van der Waals surface area contributed by atoms with Crippen molar-refractivity contribution in [1.82, 2.24) is 0 Å². The highest BCUT2D eigenvalue weighted by Crippen LogP contribution is 2.27. The summed E-state index contributed by atoms with van der Waals surface area (Å²) < 4.78 is 32.0. The Kier molecular flexibility index (Phi) is 6.66. The summed E-state index contributed by atoms with van der Waals surface area (Å²) >= 11 is 3.35. The van der Waals surface area contributed by atoms with E-state index in [1.54, 1.807) is 49.4 Å². The van der Waals surface area contributed by atoms with E-state index in [2.05, 4.69) is 21.2 Å². The number of halogens is 1. The van der Waals surface area contributed by atoms with Crippen molar-refractivity contribution in [2.24, 2.45) is 0 Å². The first-order valence-electron chi connectivity index (χ1n) is 7.96. The second-order valence-corrected chi connectivity index (χ2v) is 8.46. The molecule has 0 radical (unpaired) electrons. The summed E-state index contributed by atoms with van der Waals surface area (Å²) in [7, 11) is -2.19. The Morgan fingerprint density at radius 1 is 1.23 bits per heavy atom. The van der Waals surface area contributed by atoms with Crippen molar-refractivity contribution in [3.63, 3.8) is 0 Å². The summed E-state index contributed by atoms with van der Waals surface area (Å²) in [6.45, 7) is 1.77. The van der Waals surface area contributed by atoms with E-state index in [4.69, 9.17) is 4.74 Å². The van der Waals surface area contributed by atoms with Crippen LogP contribution in [0.15, 0.2) is 53.0 Å². The highest BCUT2D eigenvalue weighted by Gasteiger charge is 2.31. The number of carbonyl (C=O) groups excluding carboxylic acids is 1. The molecule has 0 saturated carbocycles. The van der Waals surface area contributed by atoms with Crippen LogP contribution in [0.2, 0.25) is 0 Å². The summed E-state index contributed by atoms with van der Waals surface area (Å²) in [4.78, 5) is 12.8. The van der Waals surface area contributed by atoms with Crippen molar-refractivity contribution in [3.8, 4) is 5.75 Å². The summed E-state index contributed by atoms with van der Waals surface area (Å²) in [6.07, 6.45) is 1.39. The molecular formula is C18H21BrN2O4S. The molecule has 2 rings (SSSR count). The number of nitrogens with one attached hydrogen (secondary N) is 1. The molecule has 1 unspecified atom stereocenters. The fourth-order valence-corrected chi connectivity index (χ4v) is 4.20. The average Bonchev–Trinajstić information content (AvgIpc) is 2.58. The largest absolute Gasteiger partial charge is 0.497 e. The Morgan fingerprint density at radius 2 is 1.92 bits per heavy atom. The van der Waals surface area contributed by atoms with Crippen molar-refractivity contribution in [3.05, 3.63) is 53.0 Å². The number of carbonyl (C=O) groups is 1. The van der Waals surface area contributed by atoms with Gasteiger partial charge >= 0.3 is 0 Å². The van der Waals surface area contributed by atoms with Gasteiger partial charge in [0.05, 0.1) is 19.1 Å². The van der Waals surface area contributed by atoms with Crippen LogP contribution in [0.3, 0.4) is 0 Å². The van der Waals surface area contributed by atoms with Crippen LogP contribution in [0, 0.1) is 0 Å². The first-order chi connectivity index (χ1) is 12.3. The fraction of sp³-hybridized carbons (Fsp3) is 0.278. The zero-order valence-corrected chi connectivity index (χ0v) is 17.2. The van der Waals surface area contributed by atoms with E-state index in [-0.39, 0.29) is 0 Å². The lowest BCUT2D eigenvalue weighted by molar-refractivity contribution is -0.117. The van der Waals surface area contributed by atoms with Gasteiger partial charge in [0.2, 0.25) is 15.9 Å². The second-order valence-electron chi connectivity index (χ2n) is 5.68.